The van der Waals surface area contributed by atoms with Gasteiger partial charge in [0.1, 0.15) is 0 Å². The molecule has 0 saturated carbocycles. The summed E-state index contributed by atoms with van der Waals surface area (Å²) in [6.45, 7) is 0. The predicted octanol–water partition coefficient (Wildman–Crippen LogP) is 4.33. The summed E-state index contributed by atoms with van der Waals surface area (Å²) < 4.78 is 38.6. The summed E-state index contributed by atoms with van der Waals surface area (Å²) in [5.74, 6) is -0.352. The van der Waals surface area contributed by atoms with Crippen LogP contribution in [0.15, 0.2) is 64.2 Å². The fourth-order valence-corrected chi connectivity index (χ4v) is 2.99. The predicted molar refractivity (Wildman–Crippen MR) is 82.3 cm³/mol. The summed E-state index contributed by atoms with van der Waals surface area (Å²) in [7, 11) is -3.95. The van der Waals surface area contributed by atoms with Crippen molar-refractivity contribution in [3.63, 3.8) is 0 Å². The van der Waals surface area contributed by atoms with Crippen molar-refractivity contribution < 1.29 is 12.8 Å². The molecule has 0 atom stereocenters. The Kier molecular flexibility index (Phi) is 4.73. The van der Waals surface area contributed by atoms with E-state index in [9.17, 15) is 12.8 Å². The fourth-order valence-electron chi connectivity index (χ4n) is 1.64. The number of hydrogen-bond acceptors (Lipinski definition) is 2. The molecule has 0 aliphatic carbocycles. The quantitative estimate of drug-likeness (QED) is 0.818. The van der Waals surface area contributed by atoms with Crippen LogP contribution in [0, 0.1) is 0 Å². The summed E-state index contributed by atoms with van der Waals surface area (Å²) in [6, 6.07) is 15.3. The van der Waals surface area contributed by atoms with Gasteiger partial charge in [-0.05, 0) is 29.3 Å². The Bertz CT molecular complexity index is 707. The van der Waals surface area contributed by atoms with Gasteiger partial charge in [-0.15, -0.1) is 0 Å². The highest BCUT2D eigenvalue weighted by Gasteiger charge is 2.18. The van der Waals surface area contributed by atoms with Crippen molar-refractivity contribution in [2.24, 2.45) is 0 Å². The minimum Gasteiger partial charge on any atom is -0.221 e. The smallest absolute Gasteiger partial charge is 0.215 e. The third-order valence-electron chi connectivity index (χ3n) is 2.65. The highest BCUT2D eigenvalue weighted by atomic mass is 79.9. The molecule has 20 heavy (non-hydrogen) atoms. The van der Waals surface area contributed by atoms with E-state index in [1.54, 1.807) is 54.6 Å². The van der Waals surface area contributed by atoms with Crippen LogP contribution in [0.1, 0.15) is 11.1 Å². The van der Waals surface area contributed by atoms with Crippen molar-refractivity contribution in [1.82, 2.24) is 0 Å². The number of benzene rings is 2. The molecule has 104 valence electrons. The van der Waals surface area contributed by atoms with Gasteiger partial charge in [-0.2, -0.15) is 4.39 Å². The molecule has 2 nitrogen and oxygen atoms in total. The van der Waals surface area contributed by atoms with Crippen LogP contribution in [0.4, 0.5) is 4.39 Å². The highest BCUT2D eigenvalue weighted by molar-refractivity contribution is 9.10. The van der Waals surface area contributed by atoms with Crippen LogP contribution in [0.25, 0.3) is 6.08 Å². The van der Waals surface area contributed by atoms with Crippen molar-refractivity contribution in [1.29, 1.82) is 0 Å². The minimum atomic E-state index is -3.95. The Morgan fingerprint density at radius 1 is 1.05 bits per heavy atom. The van der Waals surface area contributed by atoms with Crippen LogP contribution in [-0.4, -0.2) is 8.42 Å². The van der Waals surface area contributed by atoms with Crippen molar-refractivity contribution in [2.75, 3.05) is 0 Å². The first-order valence-corrected chi connectivity index (χ1v) is 8.31. The van der Waals surface area contributed by atoms with Crippen LogP contribution in [0.5, 0.6) is 0 Å². The Balaban J connectivity index is 2.22. The van der Waals surface area contributed by atoms with Gasteiger partial charge in [0, 0.05) is 4.47 Å². The fraction of sp³-hybridized carbons (Fsp3) is 0.0667. The molecular weight excluding hydrogens is 343 g/mol. The van der Waals surface area contributed by atoms with E-state index in [0.717, 1.165) is 10.5 Å². The first-order chi connectivity index (χ1) is 9.47. The van der Waals surface area contributed by atoms with E-state index >= 15 is 0 Å². The highest BCUT2D eigenvalue weighted by Crippen LogP contribution is 2.20. The Morgan fingerprint density at radius 2 is 1.65 bits per heavy atom. The molecule has 2 aromatic rings. The van der Waals surface area contributed by atoms with Crippen molar-refractivity contribution in [2.45, 2.75) is 5.75 Å². The molecule has 2 aromatic carbocycles. The molecule has 0 fully saturated rings. The average Bonchev–Trinajstić information content (AvgIpc) is 2.42. The van der Waals surface area contributed by atoms with E-state index in [-0.39, 0.29) is 5.75 Å². The lowest BCUT2D eigenvalue weighted by Gasteiger charge is -2.03. The topological polar surface area (TPSA) is 34.1 Å². The molecule has 0 amide bonds. The van der Waals surface area contributed by atoms with Gasteiger partial charge >= 0.3 is 0 Å². The molecule has 0 saturated heterocycles. The van der Waals surface area contributed by atoms with Crippen LogP contribution in [-0.2, 0) is 15.6 Å². The third-order valence-corrected chi connectivity index (χ3v) is 4.60. The lowest BCUT2D eigenvalue weighted by Crippen LogP contribution is -2.04. The Hall–Kier alpha value is -1.46. The van der Waals surface area contributed by atoms with Gasteiger partial charge in [-0.1, -0.05) is 58.4 Å². The maximum absolute atomic E-state index is 13.9. The third kappa shape index (κ3) is 4.02. The van der Waals surface area contributed by atoms with Crippen molar-refractivity contribution in [3.8, 4) is 0 Å². The molecule has 5 heteroatoms. The summed E-state index contributed by atoms with van der Waals surface area (Å²) in [5.41, 5.74) is 1.06. The van der Waals surface area contributed by atoms with Gasteiger partial charge in [0.2, 0.25) is 15.0 Å². The van der Waals surface area contributed by atoms with Crippen LogP contribution in [0.2, 0.25) is 0 Å². The van der Waals surface area contributed by atoms with E-state index in [2.05, 4.69) is 15.9 Å². The number of sulfone groups is 1. The number of halogens is 2. The van der Waals surface area contributed by atoms with Crippen LogP contribution >= 0.6 is 15.9 Å². The summed E-state index contributed by atoms with van der Waals surface area (Å²) in [6.07, 6.45) is 1.04. The maximum Gasteiger partial charge on any atom is 0.215 e. The van der Waals surface area contributed by atoms with E-state index in [1.165, 1.54) is 0 Å². The lowest BCUT2D eigenvalue weighted by molar-refractivity contribution is 0.578. The zero-order valence-corrected chi connectivity index (χ0v) is 12.9. The molecule has 0 radical (unpaired) electrons. The molecule has 0 unspecified atom stereocenters. The molecule has 0 aliphatic heterocycles. The first kappa shape index (κ1) is 14.9. The largest absolute Gasteiger partial charge is 0.221 e. The zero-order chi connectivity index (χ0) is 14.6. The van der Waals surface area contributed by atoms with Crippen LogP contribution in [0.3, 0.4) is 0 Å². The SMILES string of the molecule is O=S(=O)(Cc1ccc(Br)cc1)C(F)=Cc1ccccc1. The zero-order valence-electron chi connectivity index (χ0n) is 10.5. The Morgan fingerprint density at radius 3 is 2.25 bits per heavy atom. The van der Waals surface area contributed by atoms with E-state index in [0.29, 0.717) is 11.1 Å². The average molecular weight is 355 g/mol. The van der Waals surface area contributed by atoms with E-state index in [4.69, 9.17) is 0 Å². The molecule has 0 aromatic heterocycles. The van der Waals surface area contributed by atoms with E-state index in [1.807, 2.05) is 0 Å². The second-order valence-corrected chi connectivity index (χ2v) is 7.07. The normalized spacial score (nSPS) is 12.4. The maximum atomic E-state index is 13.9. The minimum absolute atomic E-state index is 0.352. The van der Waals surface area contributed by atoms with Crippen molar-refractivity contribution in [3.05, 3.63) is 75.4 Å². The number of rotatable bonds is 4. The van der Waals surface area contributed by atoms with Gasteiger partial charge < -0.3 is 0 Å². The van der Waals surface area contributed by atoms with Gasteiger partial charge in [0.15, 0.2) is 0 Å². The molecule has 0 heterocycles. The molecular formula is C15H12BrFO2S. The second kappa shape index (κ2) is 6.33. The molecule has 0 spiro atoms. The summed E-state index contributed by atoms with van der Waals surface area (Å²) in [5, 5.41) is -1.12. The van der Waals surface area contributed by atoms with Gasteiger partial charge in [0.25, 0.3) is 0 Å². The van der Waals surface area contributed by atoms with Gasteiger partial charge in [-0.3, -0.25) is 0 Å². The summed E-state index contributed by atoms with van der Waals surface area (Å²) in [4.78, 5) is 0. The molecule has 0 bridgehead atoms. The van der Waals surface area contributed by atoms with E-state index < -0.39 is 15.0 Å². The second-order valence-electron chi connectivity index (χ2n) is 4.24. The number of hydrogen-bond donors (Lipinski definition) is 0. The Labute approximate surface area is 126 Å². The van der Waals surface area contributed by atoms with Crippen molar-refractivity contribution >= 4 is 31.8 Å². The molecule has 0 N–H and O–H groups in total. The standard InChI is InChI=1S/C15H12BrFO2S/c16-14-8-6-13(7-9-14)11-20(18,19)15(17)10-12-4-2-1-3-5-12/h1-10H,11H2. The van der Waals surface area contributed by atoms with Gasteiger partial charge in [-0.25, -0.2) is 8.42 Å². The van der Waals surface area contributed by atoms with Crippen LogP contribution < -0.4 is 0 Å². The van der Waals surface area contributed by atoms with Gasteiger partial charge in [0.05, 0.1) is 5.75 Å². The lowest BCUT2D eigenvalue weighted by atomic mass is 10.2. The first-order valence-electron chi connectivity index (χ1n) is 5.87. The monoisotopic (exact) mass is 354 g/mol. The molecule has 2 rings (SSSR count). The molecule has 0 aliphatic rings. The summed E-state index contributed by atoms with van der Waals surface area (Å²) >= 11 is 3.26.